The standard InChI is InChI=1S/C22H22ClN3O4S/c1-22(2,3)30-17(27)11-26-19(16-5-4-10-31-16)25-20-18(21(26)28)24-15(12-29-20)13-6-8-14(23)9-7-13/h4-10,15,24H,11-12H2,1-3H3/t15-/m0/s1. The Bertz CT molecular complexity index is 1150. The molecule has 0 spiro atoms. The van der Waals surface area contributed by atoms with Crippen molar-refractivity contribution in [1.29, 1.82) is 0 Å². The summed E-state index contributed by atoms with van der Waals surface area (Å²) in [4.78, 5) is 31.3. The lowest BCUT2D eigenvalue weighted by Crippen LogP contribution is -2.36. The third-order valence-electron chi connectivity index (χ3n) is 4.56. The van der Waals surface area contributed by atoms with E-state index in [1.807, 2.05) is 29.6 Å². The first kappa shape index (κ1) is 21.4. The SMILES string of the molecule is CC(C)(C)OC(=O)Cn1c(-c2cccs2)nc2c(c1=O)N[C@H](c1ccc(Cl)cc1)CO2. The zero-order chi connectivity index (χ0) is 22.2. The number of anilines is 1. The summed E-state index contributed by atoms with van der Waals surface area (Å²) in [5.74, 6) is 0.0792. The van der Waals surface area contributed by atoms with Gasteiger partial charge in [0.25, 0.3) is 5.56 Å². The lowest BCUT2D eigenvalue weighted by molar-refractivity contribution is -0.155. The molecule has 0 bridgehead atoms. The molecule has 0 radical (unpaired) electrons. The fraction of sp³-hybridized carbons (Fsp3) is 0.318. The van der Waals surface area contributed by atoms with Gasteiger partial charge in [0.05, 0.1) is 10.9 Å². The molecule has 31 heavy (non-hydrogen) atoms. The van der Waals surface area contributed by atoms with Crippen LogP contribution in [-0.2, 0) is 16.1 Å². The molecule has 0 saturated heterocycles. The van der Waals surface area contributed by atoms with Crippen LogP contribution in [0.1, 0.15) is 32.4 Å². The van der Waals surface area contributed by atoms with Crippen LogP contribution in [0.5, 0.6) is 5.88 Å². The Morgan fingerprint density at radius 3 is 2.71 bits per heavy atom. The number of benzene rings is 1. The number of nitrogens with one attached hydrogen (secondary N) is 1. The average molecular weight is 460 g/mol. The quantitative estimate of drug-likeness (QED) is 0.578. The topological polar surface area (TPSA) is 82.5 Å². The van der Waals surface area contributed by atoms with Crippen LogP contribution in [0, 0.1) is 0 Å². The third kappa shape index (κ3) is 4.75. The summed E-state index contributed by atoms with van der Waals surface area (Å²) in [6.45, 7) is 5.40. The van der Waals surface area contributed by atoms with Crippen LogP contribution in [0.2, 0.25) is 5.02 Å². The van der Waals surface area contributed by atoms with Gasteiger partial charge in [0.2, 0.25) is 5.88 Å². The van der Waals surface area contributed by atoms with Gasteiger partial charge in [-0.25, -0.2) is 0 Å². The minimum Gasteiger partial charge on any atom is -0.473 e. The van der Waals surface area contributed by atoms with Crippen molar-refractivity contribution in [1.82, 2.24) is 9.55 Å². The predicted octanol–water partition coefficient (Wildman–Crippen LogP) is 4.51. The molecular formula is C22H22ClN3O4S. The number of halogens is 1. The van der Waals surface area contributed by atoms with Gasteiger partial charge < -0.3 is 14.8 Å². The molecule has 7 nitrogen and oxygen atoms in total. The summed E-state index contributed by atoms with van der Waals surface area (Å²) < 4.78 is 12.6. The van der Waals surface area contributed by atoms with Crippen LogP contribution in [0.15, 0.2) is 46.6 Å². The van der Waals surface area contributed by atoms with Gasteiger partial charge in [-0.3, -0.25) is 14.2 Å². The van der Waals surface area contributed by atoms with E-state index in [-0.39, 0.29) is 24.2 Å². The van der Waals surface area contributed by atoms with E-state index in [1.165, 1.54) is 15.9 Å². The largest absolute Gasteiger partial charge is 0.473 e. The van der Waals surface area contributed by atoms with Crippen LogP contribution in [0.3, 0.4) is 0 Å². The maximum absolute atomic E-state index is 13.4. The Kier molecular flexibility index (Phi) is 5.77. The Morgan fingerprint density at radius 1 is 1.32 bits per heavy atom. The number of hydrogen-bond acceptors (Lipinski definition) is 7. The van der Waals surface area contributed by atoms with Crippen molar-refractivity contribution in [2.24, 2.45) is 0 Å². The minimum atomic E-state index is -0.660. The van der Waals surface area contributed by atoms with Gasteiger partial charge in [-0.15, -0.1) is 11.3 Å². The number of rotatable bonds is 4. The highest BCUT2D eigenvalue weighted by molar-refractivity contribution is 7.13. The number of carbonyl (C=O) groups excluding carboxylic acids is 1. The Morgan fingerprint density at radius 2 is 2.06 bits per heavy atom. The second-order valence-electron chi connectivity index (χ2n) is 8.13. The lowest BCUT2D eigenvalue weighted by atomic mass is 10.1. The smallest absolute Gasteiger partial charge is 0.326 e. The molecule has 3 heterocycles. The maximum atomic E-state index is 13.4. The summed E-state index contributed by atoms with van der Waals surface area (Å²) in [5, 5.41) is 5.73. The van der Waals surface area contributed by atoms with Crippen LogP contribution in [-0.4, -0.2) is 27.7 Å². The van der Waals surface area contributed by atoms with E-state index in [9.17, 15) is 9.59 Å². The maximum Gasteiger partial charge on any atom is 0.326 e. The van der Waals surface area contributed by atoms with Crippen LogP contribution in [0.4, 0.5) is 5.69 Å². The molecule has 3 aromatic rings. The van der Waals surface area contributed by atoms with Crippen LogP contribution >= 0.6 is 22.9 Å². The van der Waals surface area contributed by atoms with Gasteiger partial charge in [-0.05, 0) is 49.9 Å². The molecule has 1 atom stereocenters. The van der Waals surface area contributed by atoms with E-state index in [0.29, 0.717) is 17.5 Å². The average Bonchev–Trinajstić information content (AvgIpc) is 3.23. The number of hydrogen-bond donors (Lipinski definition) is 1. The second-order valence-corrected chi connectivity index (χ2v) is 9.51. The van der Waals surface area contributed by atoms with Crippen molar-refractivity contribution in [2.45, 2.75) is 39.0 Å². The number of carbonyl (C=O) groups is 1. The van der Waals surface area contributed by atoms with Gasteiger partial charge in [0.15, 0.2) is 11.5 Å². The van der Waals surface area contributed by atoms with Crippen molar-refractivity contribution >= 4 is 34.6 Å². The molecule has 0 unspecified atom stereocenters. The highest BCUT2D eigenvalue weighted by atomic mass is 35.5. The summed E-state index contributed by atoms with van der Waals surface area (Å²) in [7, 11) is 0. The van der Waals surface area contributed by atoms with E-state index in [1.54, 1.807) is 32.9 Å². The van der Waals surface area contributed by atoms with E-state index in [2.05, 4.69) is 10.3 Å². The fourth-order valence-electron chi connectivity index (χ4n) is 3.26. The normalized spacial score (nSPS) is 15.5. The van der Waals surface area contributed by atoms with Crippen molar-refractivity contribution in [3.8, 4) is 16.6 Å². The molecular weight excluding hydrogens is 438 g/mol. The monoisotopic (exact) mass is 459 g/mol. The lowest BCUT2D eigenvalue weighted by Gasteiger charge is -2.28. The molecule has 0 amide bonds. The summed E-state index contributed by atoms with van der Waals surface area (Å²) >= 11 is 7.41. The Balaban J connectivity index is 1.73. The van der Waals surface area contributed by atoms with E-state index in [0.717, 1.165) is 10.4 Å². The van der Waals surface area contributed by atoms with Crippen LogP contribution < -0.4 is 15.6 Å². The molecule has 1 N–H and O–H groups in total. The number of esters is 1. The van der Waals surface area contributed by atoms with E-state index in [4.69, 9.17) is 21.1 Å². The first-order valence-corrected chi connectivity index (χ1v) is 11.0. The Hall–Kier alpha value is -2.84. The third-order valence-corrected chi connectivity index (χ3v) is 5.68. The number of nitrogens with zero attached hydrogens (tertiary/aromatic N) is 2. The predicted molar refractivity (Wildman–Crippen MR) is 121 cm³/mol. The molecule has 0 fully saturated rings. The van der Waals surface area contributed by atoms with Crippen LogP contribution in [0.25, 0.3) is 10.7 Å². The van der Waals surface area contributed by atoms with Gasteiger partial charge in [-0.2, -0.15) is 4.98 Å². The summed E-state index contributed by atoms with van der Waals surface area (Å²) in [6, 6.07) is 10.8. The van der Waals surface area contributed by atoms with Gasteiger partial charge >= 0.3 is 5.97 Å². The number of aromatic nitrogens is 2. The summed E-state index contributed by atoms with van der Waals surface area (Å²) in [6.07, 6.45) is 0. The first-order chi connectivity index (χ1) is 14.7. The zero-order valence-electron chi connectivity index (χ0n) is 17.3. The van der Waals surface area contributed by atoms with Gasteiger partial charge in [-0.1, -0.05) is 29.8 Å². The van der Waals surface area contributed by atoms with E-state index < -0.39 is 17.1 Å². The molecule has 0 aliphatic carbocycles. The summed E-state index contributed by atoms with van der Waals surface area (Å²) in [5.41, 5.74) is 0.0930. The minimum absolute atomic E-state index is 0.218. The van der Waals surface area contributed by atoms with E-state index >= 15 is 0 Å². The molecule has 4 rings (SSSR count). The molecule has 2 aromatic heterocycles. The zero-order valence-corrected chi connectivity index (χ0v) is 18.9. The number of thiophene rings is 1. The highest BCUT2D eigenvalue weighted by Gasteiger charge is 2.29. The van der Waals surface area contributed by atoms with Crippen molar-refractivity contribution in [3.63, 3.8) is 0 Å². The van der Waals surface area contributed by atoms with Gasteiger partial charge in [0, 0.05) is 5.02 Å². The first-order valence-electron chi connectivity index (χ1n) is 9.76. The van der Waals surface area contributed by atoms with Crippen molar-refractivity contribution in [2.75, 3.05) is 11.9 Å². The van der Waals surface area contributed by atoms with Crippen molar-refractivity contribution in [3.05, 3.63) is 62.7 Å². The molecule has 162 valence electrons. The number of fused-ring (bicyclic) bond motifs is 1. The van der Waals surface area contributed by atoms with Crippen molar-refractivity contribution < 1.29 is 14.3 Å². The Labute approximate surface area is 188 Å². The van der Waals surface area contributed by atoms with Gasteiger partial charge in [0.1, 0.15) is 18.8 Å². The number of ether oxygens (including phenoxy) is 2. The second kappa shape index (κ2) is 8.36. The molecule has 1 aromatic carbocycles. The fourth-order valence-corrected chi connectivity index (χ4v) is 4.11. The molecule has 9 heteroatoms. The molecule has 1 aliphatic heterocycles. The molecule has 1 aliphatic rings. The highest BCUT2D eigenvalue weighted by Crippen LogP contribution is 2.33. The molecule has 0 saturated carbocycles.